The van der Waals surface area contributed by atoms with Crippen molar-refractivity contribution in [2.45, 2.75) is 25.8 Å². The molecule has 1 saturated heterocycles. The number of anilines is 4. The second-order valence-electron chi connectivity index (χ2n) is 6.85. The van der Waals surface area contributed by atoms with Gasteiger partial charge in [0.25, 0.3) is 0 Å². The minimum atomic E-state index is 0.738. The van der Waals surface area contributed by atoms with Gasteiger partial charge in [0.2, 0.25) is 0 Å². The van der Waals surface area contributed by atoms with Crippen molar-refractivity contribution < 1.29 is 0 Å². The quantitative estimate of drug-likeness (QED) is 0.661. The minimum Gasteiger partial charge on any atom is -0.372 e. The van der Waals surface area contributed by atoms with Crippen molar-refractivity contribution in [3.05, 3.63) is 72.6 Å². The molecule has 27 heavy (non-hydrogen) atoms. The molecule has 0 radical (unpaired) electrons. The molecule has 0 atom stereocenters. The monoisotopic (exact) mass is 359 g/mol. The average Bonchev–Trinajstić information content (AvgIpc) is 2.75. The molecule has 1 aliphatic rings. The molecule has 0 bridgehead atoms. The zero-order chi connectivity index (χ0) is 18.3. The molecule has 1 aliphatic heterocycles. The number of nitrogens with zero attached hydrogens (tertiary/aromatic N) is 3. The third-order valence-corrected chi connectivity index (χ3v) is 4.84. The van der Waals surface area contributed by atoms with E-state index < -0.39 is 0 Å². The van der Waals surface area contributed by atoms with Gasteiger partial charge in [0, 0.05) is 37.1 Å². The van der Waals surface area contributed by atoms with Gasteiger partial charge in [-0.2, -0.15) is 0 Å². The lowest BCUT2D eigenvalue weighted by molar-refractivity contribution is 0.578. The number of piperidine rings is 1. The molecule has 2 N–H and O–H groups in total. The Hall–Kier alpha value is -3.08. The molecule has 0 aliphatic carbocycles. The first-order valence-electron chi connectivity index (χ1n) is 9.59. The van der Waals surface area contributed by atoms with Crippen LogP contribution < -0.4 is 15.5 Å². The van der Waals surface area contributed by atoms with Crippen LogP contribution in [-0.4, -0.2) is 23.1 Å². The lowest BCUT2D eigenvalue weighted by Crippen LogP contribution is -2.29. The SMILES string of the molecule is c1ccc(CNc2cc(Nc3ccc(N4CCCCC4)cc3)ncn2)cc1. The summed E-state index contributed by atoms with van der Waals surface area (Å²) in [6.45, 7) is 3.06. The molecule has 1 aromatic heterocycles. The topological polar surface area (TPSA) is 53.1 Å². The van der Waals surface area contributed by atoms with E-state index in [9.17, 15) is 0 Å². The summed E-state index contributed by atoms with van der Waals surface area (Å²) >= 11 is 0. The Labute approximate surface area is 160 Å². The lowest BCUT2D eigenvalue weighted by Gasteiger charge is -2.28. The van der Waals surface area contributed by atoms with E-state index in [1.54, 1.807) is 6.33 Å². The third kappa shape index (κ3) is 4.76. The summed E-state index contributed by atoms with van der Waals surface area (Å²) < 4.78 is 0. The molecular formula is C22H25N5. The van der Waals surface area contributed by atoms with Gasteiger partial charge in [-0.1, -0.05) is 30.3 Å². The predicted molar refractivity (Wildman–Crippen MR) is 112 cm³/mol. The molecule has 0 spiro atoms. The van der Waals surface area contributed by atoms with Gasteiger partial charge in [-0.15, -0.1) is 0 Å². The summed E-state index contributed by atoms with van der Waals surface area (Å²) in [5.41, 5.74) is 3.55. The number of nitrogens with one attached hydrogen (secondary N) is 2. The normalized spacial score (nSPS) is 14.0. The van der Waals surface area contributed by atoms with Crippen LogP contribution in [0.3, 0.4) is 0 Å². The first-order valence-corrected chi connectivity index (χ1v) is 9.59. The Morgan fingerprint density at radius 2 is 1.56 bits per heavy atom. The first kappa shape index (κ1) is 17.3. The van der Waals surface area contributed by atoms with Crippen LogP contribution in [0.1, 0.15) is 24.8 Å². The fourth-order valence-corrected chi connectivity index (χ4v) is 3.37. The summed E-state index contributed by atoms with van der Waals surface area (Å²) in [7, 11) is 0. The fraction of sp³-hybridized carbons (Fsp3) is 0.273. The number of rotatable bonds is 6. The molecule has 2 aromatic carbocycles. The Balaban J connectivity index is 1.37. The highest BCUT2D eigenvalue weighted by atomic mass is 15.1. The predicted octanol–water partition coefficient (Wildman–Crippen LogP) is 4.82. The summed E-state index contributed by atoms with van der Waals surface area (Å²) in [6.07, 6.45) is 5.52. The smallest absolute Gasteiger partial charge is 0.135 e. The Morgan fingerprint density at radius 1 is 0.815 bits per heavy atom. The second kappa shape index (κ2) is 8.54. The standard InChI is InChI=1S/C22H25N5/c1-3-7-18(8-4-1)16-23-21-15-22(25-17-24-21)26-19-9-11-20(12-10-19)27-13-5-2-6-14-27/h1,3-4,7-12,15,17H,2,5-6,13-14,16H2,(H2,23,24,25,26). The van der Waals surface area contributed by atoms with E-state index in [1.807, 2.05) is 24.3 Å². The van der Waals surface area contributed by atoms with E-state index in [0.29, 0.717) is 0 Å². The maximum atomic E-state index is 4.33. The third-order valence-electron chi connectivity index (χ3n) is 4.84. The highest BCUT2D eigenvalue weighted by Crippen LogP contribution is 2.23. The van der Waals surface area contributed by atoms with Crippen LogP contribution in [0.15, 0.2) is 67.0 Å². The van der Waals surface area contributed by atoms with Gasteiger partial charge in [0.05, 0.1) is 0 Å². The van der Waals surface area contributed by atoms with Gasteiger partial charge < -0.3 is 15.5 Å². The maximum absolute atomic E-state index is 4.33. The van der Waals surface area contributed by atoms with Gasteiger partial charge in [-0.05, 0) is 49.1 Å². The van der Waals surface area contributed by atoms with E-state index in [2.05, 4.69) is 61.9 Å². The van der Waals surface area contributed by atoms with Crippen LogP contribution in [0.25, 0.3) is 0 Å². The fourth-order valence-electron chi connectivity index (χ4n) is 3.37. The van der Waals surface area contributed by atoms with Crippen LogP contribution in [-0.2, 0) is 6.54 Å². The highest BCUT2D eigenvalue weighted by Gasteiger charge is 2.10. The molecule has 5 nitrogen and oxygen atoms in total. The number of benzene rings is 2. The van der Waals surface area contributed by atoms with Gasteiger partial charge >= 0.3 is 0 Å². The van der Waals surface area contributed by atoms with Crippen LogP contribution in [0.2, 0.25) is 0 Å². The van der Waals surface area contributed by atoms with Crippen molar-refractivity contribution in [2.75, 3.05) is 28.6 Å². The summed E-state index contributed by atoms with van der Waals surface area (Å²) in [5, 5.41) is 6.70. The van der Waals surface area contributed by atoms with Gasteiger partial charge in [-0.3, -0.25) is 0 Å². The van der Waals surface area contributed by atoms with E-state index in [4.69, 9.17) is 0 Å². The molecule has 0 saturated carbocycles. The molecule has 0 amide bonds. The van der Waals surface area contributed by atoms with E-state index >= 15 is 0 Å². The minimum absolute atomic E-state index is 0.738. The summed E-state index contributed by atoms with van der Waals surface area (Å²) in [6, 6.07) is 20.8. The van der Waals surface area contributed by atoms with Crippen LogP contribution in [0, 0.1) is 0 Å². The van der Waals surface area contributed by atoms with Crippen molar-refractivity contribution in [1.82, 2.24) is 9.97 Å². The van der Waals surface area contributed by atoms with E-state index in [1.165, 1.54) is 30.5 Å². The second-order valence-corrected chi connectivity index (χ2v) is 6.85. The zero-order valence-corrected chi connectivity index (χ0v) is 15.4. The van der Waals surface area contributed by atoms with Gasteiger partial charge in [0.15, 0.2) is 0 Å². The number of hydrogen-bond acceptors (Lipinski definition) is 5. The number of hydrogen-bond donors (Lipinski definition) is 2. The van der Waals surface area contributed by atoms with E-state index in [-0.39, 0.29) is 0 Å². The average molecular weight is 359 g/mol. The molecule has 2 heterocycles. The maximum Gasteiger partial charge on any atom is 0.135 e. The molecule has 1 fully saturated rings. The molecule has 0 unspecified atom stereocenters. The van der Waals surface area contributed by atoms with E-state index in [0.717, 1.165) is 37.0 Å². The highest BCUT2D eigenvalue weighted by molar-refractivity contribution is 5.62. The molecule has 138 valence electrons. The molecule has 3 aromatic rings. The van der Waals surface area contributed by atoms with Crippen molar-refractivity contribution in [1.29, 1.82) is 0 Å². The van der Waals surface area contributed by atoms with Gasteiger partial charge in [0.1, 0.15) is 18.0 Å². The van der Waals surface area contributed by atoms with Crippen molar-refractivity contribution in [3.8, 4) is 0 Å². The van der Waals surface area contributed by atoms with Crippen molar-refractivity contribution in [3.63, 3.8) is 0 Å². The molecule has 4 rings (SSSR count). The molecular weight excluding hydrogens is 334 g/mol. The van der Waals surface area contributed by atoms with Gasteiger partial charge in [-0.25, -0.2) is 9.97 Å². The zero-order valence-electron chi connectivity index (χ0n) is 15.4. The first-order chi connectivity index (χ1) is 13.4. The Kier molecular flexibility index (Phi) is 5.48. The Bertz CT molecular complexity index is 842. The van der Waals surface area contributed by atoms with Crippen molar-refractivity contribution >= 4 is 23.0 Å². The largest absolute Gasteiger partial charge is 0.372 e. The van der Waals surface area contributed by atoms with Crippen molar-refractivity contribution in [2.24, 2.45) is 0 Å². The number of aromatic nitrogens is 2. The van der Waals surface area contributed by atoms with Crippen LogP contribution in [0.5, 0.6) is 0 Å². The lowest BCUT2D eigenvalue weighted by atomic mass is 10.1. The van der Waals surface area contributed by atoms with Crippen LogP contribution >= 0.6 is 0 Å². The molecule has 5 heteroatoms. The van der Waals surface area contributed by atoms with Crippen LogP contribution in [0.4, 0.5) is 23.0 Å². The summed E-state index contributed by atoms with van der Waals surface area (Å²) in [5.74, 6) is 1.59. The Morgan fingerprint density at radius 3 is 2.33 bits per heavy atom. The summed E-state index contributed by atoms with van der Waals surface area (Å²) in [4.78, 5) is 11.1.